The van der Waals surface area contributed by atoms with Gasteiger partial charge >= 0.3 is 5.97 Å². The van der Waals surface area contributed by atoms with Crippen LogP contribution in [-0.4, -0.2) is 32.2 Å². The van der Waals surface area contributed by atoms with Crippen molar-refractivity contribution in [2.24, 2.45) is 0 Å². The highest BCUT2D eigenvalue weighted by Crippen LogP contribution is 2.22. The average molecular weight is 311 g/mol. The third kappa shape index (κ3) is 2.08. The van der Waals surface area contributed by atoms with Gasteiger partial charge in [-0.15, -0.1) is 0 Å². The minimum Gasteiger partial charge on any atom is -0.478 e. The fourth-order valence-electron chi connectivity index (χ4n) is 2.81. The van der Waals surface area contributed by atoms with Gasteiger partial charge in [-0.25, -0.2) is 4.79 Å². The standard InChI is InChI=1S/C16H13N3O4/c1-8-10(4-5-20)15(21)19-13-6-9(16(22)23)2-3-12(13)18-14(19)11(8)7-17/h2-3,6,18,20H,4-5H2,1H3,(H,22,23). The van der Waals surface area contributed by atoms with E-state index < -0.39 is 5.97 Å². The predicted octanol–water partition coefficient (Wildman–Crippen LogP) is 1.19. The smallest absolute Gasteiger partial charge is 0.335 e. The van der Waals surface area contributed by atoms with Crippen LogP contribution in [0.1, 0.15) is 27.0 Å². The Morgan fingerprint density at radius 1 is 1.43 bits per heavy atom. The fourth-order valence-corrected chi connectivity index (χ4v) is 2.81. The summed E-state index contributed by atoms with van der Waals surface area (Å²) in [6.07, 6.45) is 0.133. The number of carboxylic acid groups (broad SMARTS) is 1. The SMILES string of the molecule is Cc1c(CCO)c(=O)n2c([nH]c3ccc(C(=O)O)cc32)c1C#N. The summed E-state index contributed by atoms with van der Waals surface area (Å²) in [5, 5.41) is 27.7. The van der Waals surface area contributed by atoms with Crippen molar-refractivity contribution in [2.45, 2.75) is 13.3 Å². The first-order valence-electron chi connectivity index (χ1n) is 6.93. The molecule has 7 nitrogen and oxygen atoms in total. The topological polar surface area (TPSA) is 119 Å². The number of aliphatic hydroxyl groups excluding tert-OH is 1. The Balaban J connectivity index is 2.55. The van der Waals surface area contributed by atoms with Crippen molar-refractivity contribution < 1.29 is 15.0 Å². The second-order valence-electron chi connectivity index (χ2n) is 5.22. The number of imidazole rings is 1. The van der Waals surface area contributed by atoms with E-state index in [0.717, 1.165) is 0 Å². The summed E-state index contributed by atoms with van der Waals surface area (Å²) in [7, 11) is 0. The number of aromatic nitrogens is 2. The fraction of sp³-hybridized carbons (Fsp3) is 0.188. The molecule has 0 spiro atoms. The molecule has 0 saturated carbocycles. The molecule has 0 saturated heterocycles. The zero-order valence-corrected chi connectivity index (χ0v) is 12.3. The number of nitriles is 1. The molecule has 0 aliphatic heterocycles. The Morgan fingerprint density at radius 3 is 2.78 bits per heavy atom. The van der Waals surface area contributed by atoms with E-state index in [1.165, 1.54) is 16.5 Å². The molecule has 116 valence electrons. The van der Waals surface area contributed by atoms with Crippen molar-refractivity contribution in [3.8, 4) is 6.07 Å². The molecule has 0 aliphatic rings. The summed E-state index contributed by atoms with van der Waals surface area (Å²) in [6.45, 7) is 1.45. The Labute approximate surface area is 130 Å². The number of hydrogen-bond acceptors (Lipinski definition) is 4. The third-order valence-electron chi connectivity index (χ3n) is 3.96. The lowest BCUT2D eigenvalue weighted by Crippen LogP contribution is -2.22. The second-order valence-corrected chi connectivity index (χ2v) is 5.22. The lowest BCUT2D eigenvalue weighted by Gasteiger charge is -2.07. The minimum absolute atomic E-state index is 0.0492. The highest BCUT2D eigenvalue weighted by atomic mass is 16.4. The zero-order chi connectivity index (χ0) is 16.7. The first-order chi connectivity index (χ1) is 11.0. The average Bonchev–Trinajstić information content (AvgIpc) is 2.90. The highest BCUT2D eigenvalue weighted by molar-refractivity contribution is 5.93. The molecule has 3 N–H and O–H groups in total. The van der Waals surface area contributed by atoms with Crippen molar-refractivity contribution >= 4 is 22.6 Å². The Morgan fingerprint density at radius 2 is 2.17 bits per heavy atom. The number of rotatable bonds is 3. The monoisotopic (exact) mass is 311 g/mol. The number of benzene rings is 1. The molecule has 0 fully saturated rings. The van der Waals surface area contributed by atoms with E-state index in [0.29, 0.717) is 33.4 Å². The molecule has 1 aromatic carbocycles. The number of fused-ring (bicyclic) bond motifs is 3. The largest absolute Gasteiger partial charge is 0.478 e. The van der Waals surface area contributed by atoms with Gasteiger partial charge in [-0.2, -0.15) is 5.26 Å². The quantitative estimate of drug-likeness (QED) is 0.671. The number of aromatic amines is 1. The first-order valence-corrected chi connectivity index (χ1v) is 6.93. The lowest BCUT2D eigenvalue weighted by molar-refractivity contribution is 0.0697. The van der Waals surface area contributed by atoms with Gasteiger partial charge in [0, 0.05) is 18.6 Å². The van der Waals surface area contributed by atoms with Crippen LogP contribution in [0.25, 0.3) is 16.7 Å². The molecule has 0 atom stereocenters. The first kappa shape index (κ1) is 14.8. The van der Waals surface area contributed by atoms with Gasteiger partial charge in [-0.1, -0.05) is 0 Å². The Hall–Kier alpha value is -3.11. The van der Waals surface area contributed by atoms with Gasteiger partial charge in [0.25, 0.3) is 5.56 Å². The van der Waals surface area contributed by atoms with Crippen LogP contribution in [0.5, 0.6) is 0 Å². The van der Waals surface area contributed by atoms with Crippen LogP contribution < -0.4 is 5.56 Å². The molecule has 23 heavy (non-hydrogen) atoms. The van der Waals surface area contributed by atoms with Gasteiger partial charge in [0.1, 0.15) is 11.7 Å². The van der Waals surface area contributed by atoms with Gasteiger partial charge in [-0.05, 0) is 30.7 Å². The Kier molecular flexibility index (Phi) is 3.39. The maximum atomic E-state index is 12.7. The minimum atomic E-state index is -1.10. The third-order valence-corrected chi connectivity index (χ3v) is 3.96. The van der Waals surface area contributed by atoms with Crippen LogP contribution >= 0.6 is 0 Å². The summed E-state index contributed by atoms with van der Waals surface area (Å²) in [4.78, 5) is 26.9. The second kappa shape index (κ2) is 5.26. The number of nitrogens with one attached hydrogen (secondary N) is 1. The van der Waals surface area contributed by atoms with E-state index in [4.69, 9.17) is 10.2 Å². The number of nitrogens with zero attached hydrogens (tertiary/aromatic N) is 2. The molecule has 3 aromatic rings. The number of hydrogen-bond donors (Lipinski definition) is 3. The van der Waals surface area contributed by atoms with Crippen molar-refractivity contribution in [3.63, 3.8) is 0 Å². The number of H-pyrrole nitrogens is 1. The number of aromatic carboxylic acids is 1. The van der Waals surface area contributed by atoms with Crippen LogP contribution in [0.4, 0.5) is 0 Å². The molecule has 0 radical (unpaired) electrons. The maximum absolute atomic E-state index is 12.7. The van der Waals surface area contributed by atoms with Crippen molar-refractivity contribution in [2.75, 3.05) is 6.61 Å². The number of carbonyl (C=O) groups is 1. The van der Waals surface area contributed by atoms with E-state index in [2.05, 4.69) is 11.1 Å². The van der Waals surface area contributed by atoms with Gasteiger partial charge in [0.15, 0.2) is 0 Å². The number of aliphatic hydroxyl groups is 1. The van der Waals surface area contributed by atoms with Crippen LogP contribution in [0.2, 0.25) is 0 Å². The summed E-state index contributed by atoms with van der Waals surface area (Å²) >= 11 is 0. The molecule has 2 aromatic heterocycles. The Bertz CT molecular complexity index is 1050. The molecule has 0 amide bonds. The molecular formula is C16H13N3O4. The van der Waals surface area contributed by atoms with Crippen LogP contribution in [-0.2, 0) is 6.42 Å². The van der Waals surface area contributed by atoms with Crippen molar-refractivity contribution in [3.05, 3.63) is 50.8 Å². The summed E-state index contributed by atoms with van der Waals surface area (Å²) in [5.41, 5.74) is 2.15. The lowest BCUT2D eigenvalue weighted by atomic mass is 10.0. The zero-order valence-electron chi connectivity index (χ0n) is 12.3. The van der Waals surface area contributed by atoms with E-state index in [1.807, 2.05) is 0 Å². The van der Waals surface area contributed by atoms with Crippen LogP contribution in [0.15, 0.2) is 23.0 Å². The summed E-state index contributed by atoms with van der Waals surface area (Å²) in [5.74, 6) is -1.10. The number of carboxylic acids is 1. The van der Waals surface area contributed by atoms with Gasteiger partial charge < -0.3 is 15.2 Å². The maximum Gasteiger partial charge on any atom is 0.335 e. The molecular weight excluding hydrogens is 298 g/mol. The van der Waals surface area contributed by atoms with Crippen LogP contribution in [0.3, 0.4) is 0 Å². The van der Waals surface area contributed by atoms with E-state index in [1.54, 1.807) is 13.0 Å². The molecule has 3 rings (SSSR count). The molecule has 0 aliphatic carbocycles. The highest BCUT2D eigenvalue weighted by Gasteiger charge is 2.18. The number of pyridine rings is 1. The van der Waals surface area contributed by atoms with E-state index in [9.17, 15) is 14.9 Å². The summed E-state index contributed by atoms with van der Waals surface area (Å²) in [6, 6.07) is 6.46. The summed E-state index contributed by atoms with van der Waals surface area (Å²) < 4.78 is 1.30. The molecule has 7 heteroatoms. The molecule has 0 unspecified atom stereocenters. The van der Waals surface area contributed by atoms with E-state index >= 15 is 0 Å². The van der Waals surface area contributed by atoms with Crippen molar-refractivity contribution in [1.29, 1.82) is 5.26 Å². The predicted molar refractivity (Wildman–Crippen MR) is 82.7 cm³/mol. The van der Waals surface area contributed by atoms with Crippen molar-refractivity contribution in [1.82, 2.24) is 9.38 Å². The van der Waals surface area contributed by atoms with Gasteiger partial charge in [0.05, 0.1) is 22.2 Å². The van der Waals surface area contributed by atoms with Crippen LogP contribution in [0, 0.1) is 18.3 Å². The van der Waals surface area contributed by atoms with Gasteiger partial charge in [-0.3, -0.25) is 9.20 Å². The van der Waals surface area contributed by atoms with Gasteiger partial charge in [0.2, 0.25) is 0 Å². The molecule has 0 bridgehead atoms. The normalized spacial score (nSPS) is 11.0. The molecule has 2 heterocycles. The van der Waals surface area contributed by atoms with E-state index in [-0.39, 0.29) is 24.2 Å².